The van der Waals surface area contributed by atoms with Gasteiger partial charge in [-0.15, -0.1) is 0 Å². The Morgan fingerprint density at radius 2 is 1.80 bits per heavy atom. The van der Waals surface area contributed by atoms with Gasteiger partial charge in [0.15, 0.2) is 0 Å². The molecule has 2 aliphatic rings. The molecule has 15 heavy (non-hydrogen) atoms. The Kier molecular flexibility index (Phi) is 3.36. The molecule has 2 N–H and O–H groups in total. The SMILES string of the molecule is CC1CCC(N)(CC2CCC(C)O2)CC1. The van der Waals surface area contributed by atoms with E-state index < -0.39 is 0 Å². The van der Waals surface area contributed by atoms with Gasteiger partial charge in [-0.1, -0.05) is 6.92 Å². The number of ether oxygens (including phenoxy) is 1. The van der Waals surface area contributed by atoms with Crippen molar-refractivity contribution >= 4 is 0 Å². The third kappa shape index (κ3) is 2.94. The van der Waals surface area contributed by atoms with Gasteiger partial charge in [0.25, 0.3) is 0 Å². The second kappa shape index (κ2) is 4.42. The zero-order valence-electron chi connectivity index (χ0n) is 10.2. The lowest BCUT2D eigenvalue weighted by atomic mass is 9.75. The van der Waals surface area contributed by atoms with Gasteiger partial charge in [-0.2, -0.15) is 0 Å². The first-order valence-electron chi connectivity index (χ1n) is 6.52. The highest BCUT2D eigenvalue weighted by molar-refractivity contribution is 4.92. The van der Waals surface area contributed by atoms with Gasteiger partial charge in [-0.25, -0.2) is 0 Å². The predicted molar refractivity (Wildman–Crippen MR) is 62.7 cm³/mol. The lowest BCUT2D eigenvalue weighted by Crippen LogP contribution is -2.45. The summed E-state index contributed by atoms with van der Waals surface area (Å²) in [6.45, 7) is 4.51. The molecule has 0 aromatic rings. The third-order valence-corrected chi connectivity index (χ3v) is 4.22. The van der Waals surface area contributed by atoms with E-state index in [0.29, 0.717) is 12.2 Å². The molecule has 0 aromatic carbocycles. The average molecular weight is 211 g/mol. The monoisotopic (exact) mass is 211 g/mol. The van der Waals surface area contributed by atoms with Crippen molar-refractivity contribution < 1.29 is 4.74 Å². The lowest BCUT2D eigenvalue weighted by Gasteiger charge is -2.37. The first kappa shape index (κ1) is 11.4. The molecule has 1 saturated heterocycles. The van der Waals surface area contributed by atoms with Crippen LogP contribution in [-0.4, -0.2) is 17.7 Å². The van der Waals surface area contributed by atoms with Crippen LogP contribution >= 0.6 is 0 Å². The number of nitrogens with two attached hydrogens (primary N) is 1. The van der Waals surface area contributed by atoms with Crippen molar-refractivity contribution in [2.75, 3.05) is 0 Å². The Morgan fingerprint density at radius 3 is 2.33 bits per heavy atom. The summed E-state index contributed by atoms with van der Waals surface area (Å²) < 4.78 is 5.88. The second-order valence-electron chi connectivity index (χ2n) is 5.90. The van der Waals surface area contributed by atoms with Crippen LogP contribution in [0.25, 0.3) is 0 Å². The van der Waals surface area contributed by atoms with Gasteiger partial charge < -0.3 is 10.5 Å². The van der Waals surface area contributed by atoms with E-state index in [2.05, 4.69) is 13.8 Å². The maximum Gasteiger partial charge on any atom is 0.0597 e. The van der Waals surface area contributed by atoms with E-state index in [-0.39, 0.29) is 5.54 Å². The zero-order valence-corrected chi connectivity index (χ0v) is 10.2. The third-order valence-electron chi connectivity index (χ3n) is 4.22. The molecule has 2 fully saturated rings. The fraction of sp³-hybridized carbons (Fsp3) is 1.00. The van der Waals surface area contributed by atoms with Crippen LogP contribution in [0.4, 0.5) is 0 Å². The van der Waals surface area contributed by atoms with Gasteiger partial charge in [-0.05, 0) is 57.8 Å². The quantitative estimate of drug-likeness (QED) is 0.762. The summed E-state index contributed by atoms with van der Waals surface area (Å²) in [6, 6.07) is 0. The predicted octanol–water partition coefficient (Wildman–Crippen LogP) is 2.85. The standard InChI is InChI=1S/C13H25NO/c1-10-5-7-13(14,8-6-10)9-12-4-3-11(2)15-12/h10-12H,3-9,14H2,1-2H3. The summed E-state index contributed by atoms with van der Waals surface area (Å²) in [7, 11) is 0. The van der Waals surface area contributed by atoms with E-state index in [1.165, 1.54) is 38.5 Å². The first-order valence-corrected chi connectivity index (χ1v) is 6.52. The first-order chi connectivity index (χ1) is 7.07. The Morgan fingerprint density at radius 1 is 1.13 bits per heavy atom. The molecule has 2 unspecified atom stereocenters. The molecular weight excluding hydrogens is 186 g/mol. The molecule has 2 nitrogen and oxygen atoms in total. The van der Waals surface area contributed by atoms with Crippen LogP contribution < -0.4 is 5.73 Å². The van der Waals surface area contributed by atoms with E-state index in [4.69, 9.17) is 10.5 Å². The molecule has 2 rings (SSSR count). The normalized spacial score (nSPS) is 47.0. The molecule has 0 amide bonds. The summed E-state index contributed by atoms with van der Waals surface area (Å²) in [4.78, 5) is 0. The van der Waals surface area contributed by atoms with Crippen molar-refractivity contribution in [1.82, 2.24) is 0 Å². The topological polar surface area (TPSA) is 35.2 Å². The molecule has 0 spiro atoms. The smallest absolute Gasteiger partial charge is 0.0597 e. The van der Waals surface area contributed by atoms with Crippen molar-refractivity contribution in [2.45, 2.75) is 76.5 Å². The van der Waals surface area contributed by atoms with E-state index in [0.717, 1.165) is 12.3 Å². The summed E-state index contributed by atoms with van der Waals surface area (Å²) in [5.41, 5.74) is 6.55. The van der Waals surface area contributed by atoms with Crippen molar-refractivity contribution in [3.05, 3.63) is 0 Å². The fourth-order valence-corrected chi connectivity index (χ4v) is 3.03. The summed E-state index contributed by atoms with van der Waals surface area (Å²) in [6.07, 6.45) is 9.43. The molecule has 1 aliphatic carbocycles. The van der Waals surface area contributed by atoms with Crippen LogP contribution in [0.2, 0.25) is 0 Å². The molecule has 0 aromatic heterocycles. The Bertz CT molecular complexity index is 209. The van der Waals surface area contributed by atoms with Crippen LogP contribution in [0.3, 0.4) is 0 Å². The van der Waals surface area contributed by atoms with Crippen LogP contribution in [0.5, 0.6) is 0 Å². The molecule has 0 radical (unpaired) electrons. The highest BCUT2D eigenvalue weighted by Crippen LogP contribution is 2.36. The molecule has 1 saturated carbocycles. The number of rotatable bonds is 2. The van der Waals surface area contributed by atoms with E-state index in [1.807, 2.05) is 0 Å². The molecular formula is C13H25NO. The Balaban J connectivity index is 1.82. The summed E-state index contributed by atoms with van der Waals surface area (Å²) in [5, 5.41) is 0. The van der Waals surface area contributed by atoms with Crippen molar-refractivity contribution in [3.63, 3.8) is 0 Å². The largest absolute Gasteiger partial charge is 0.375 e. The second-order valence-corrected chi connectivity index (χ2v) is 5.90. The van der Waals surface area contributed by atoms with Gasteiger partial charge in [0.2, 0.25) is 0 Å². The fourth-order valence-electron chi connectivity index (χ4n) is 3.03. The van der Waals surface area contributed by atoms with Crippen LogP contribution in [0, 0.1) is 5.92 Å². The Hall–Kier alpha value is -0.0800. The minimum Gasteiger partial charge on any atom is -0.375 e. The van der Waals surface area contributed by atoms with E-state index >= 15 is 0 Å². The van der Waals surface area contributed by atoms with Gasteiger partial charge in [0.05, 0.1) is 12.2 Å². The number of hydrogen-bond acceptors (Lipinski definition) is 2. The van der Waals surface area contributed by atoms with Gasteiger partial charge >= 0.3 is 0 Å². The molecule has 2 atom stereocenters. The van der Waals surface area contributed by atoms with Crippen LogP contribution in [0.1, 0.15) is 58.8 Å². The van der Waals surface area contributed by atoms with Crippen molar-refractivity contribution in [2.24, 2.45) is 11.7 Å². The maximum absolute atomic E-state index is 6.47. The lowest BCUT2D eigenvalue weighted by molar-refractivity contribution is 0.0293. The minimum atomic E-state index is 0.0846. The molecule has 2 heteroatoms. The van der Waals surface area contributed by atoms with E-state index in [1.54, 1.807) is 0 Å². The number of hydrogen-bond donors (Lipinski definition) is 1. The van der Waals surface area contributed by atoms with Gasteiger partial charge in [0, 0.05) is 5.54 Å². The molecule has 1 aliphatic heterocycles. The Labute approximate surface area is 93.6 Å². The highest BCUT2D eigenvalue weighted by Gasteiger charge is 2.35. The van der Waals surface area contributed by atoms with Gasteiger partial charge in [-0.3, -0.25) is 0 Å². The summed E-state index contributed by atoms with van der Waals surface area (Å²) >= 11 is 0. The van der Waals surface area contributed by atoms with Crippen molar-refractivity contribution in [3.8, 4) is 0 Å². The maximum atomic E-state index is 6.47. The summed E-state index contributed by atoms with van der Waals surface area (Å²) in [5.74, 6) is 0.880. The average Bonchev–Trinajstić information content (AvgIpc) is 2.57. The molecule has 0 bridgehead atoms. The molecule has 1 heterocycles. The van der Waals surface area contributed by atoms with E-state index in [9.17, 15) is 0 Å². The van der Waals surface area contributed by atoms with Crippen LogP contribution in [0.15, 0.2) is 0 Å². The minimum absolute atomic E-state index is 0.0846. The van der Waals surface area contributed by atoms with Crippen molar-refractivity contribution in [1.29, 1.82) is 0 Å². The zero-order chi connectivity index (χ0) is 10.9. The van der Waals surface area contributed by atoms with Gasteiger partial charge in [0.1, 0.15) is 0 Å². The van der Waals surface area contributed by atoms with Crippen LogP contribution in [-0.2, 0) is 4.74 Å². The highest BCUT2D eigenvalue weighted by atomic mass is 16.5. The molecule has 88 valence electrons.